The molecule has 0 unspecified atom stereocenters. The fourth-order valence-corrected chi connectivity index (χ4v) is 2.90. The maximum absolute atomic E-state index is 8.89. The first kappa shape index (κ1) is 17.4. The lowest BCUT2D eigenvalue weighted by Crippen LogP contribution is -2.12. The summed E-state index contributed by atoms with van der Waals surface area (Å²) in [7, 11) is 0. The fourth-order valence-electron chi connectivity index (χ4n) is 2.90. The van der Waals surface area contributed by atoms with E-state index in [1.807, 2.05) is 48.5 Å². The third kappa shape index (κ3) is 3.58. The number of benzene rings is 1. The van der Waals surface area contributed by atoms with Crippen LogP contribution < -0.4 is 16.6 Å². The van der Waals surface area contributed by atoms with Gasteiger partial charge >= 0.3 is 0 Å². The third-order valence-corrected chi connectivity index (χ3v) is 4.35. The molecule has 3 aromatic heterocycles. The van der Waals surface area contributed by atoms with Crippen molar-refractivity contribution in [2.45, 2.75) is 6.54 Å². The molecule has 136 valence electrons. The smallest absolute Gasteiger partial charge is 0.151 e. The molecule has 0 aliphatic rings. The van der Waals surface area contributed by atoms with Crippen molar-refractivity contribution in [3.05, 3.63) is 78.2 Å². The molecule has 0 saturated carbocycles. The number of hydrogen-bond donors (Lipinski definition) is 3. The van der Waals surface area contributed by atoms with E-state index in [4.69, 9.17) is 11.1 Å². The van der Waals surface area contributed by atoms with Crippen molar-refractivity contribution in [2.24, 2.45) is 5.84 Å². The predicted octanol–water partition coefficient (Wildman–Crippen LogP) is 3.46. The van der Waals surface area contributed by atoms with Gasteiger partial charge in [0.1, 0.15) is 11.8 Å². The molecule has 1 aromatic carbocycles. The van der Waals surface area contributed by atoms with Gasteiger partial charge in [-0.15, -0.1) is 0 Å². The number of hydrazine groups is 1. The Morgan fingerprint density at radius 2 is 1.96 bits per heavy atom. The highest BCUT2D eigenvalue weighted by Crippen LogP contribution is 2.25. The molecular weight excluding hydrogens is 350 g/mol. The van der Waals surface area contributed by atoms with Crippen LogP contribution in [0.25, 0.3) is 22.2 Å². The quantitative estimate of drug-likeness (QED) is 0.366. The topological polar surface area (TPSA) is 113 Å². The number of pyridine rings is 3. The van der Waals surface area contributed by atoms with Crippen LogP contribution in [0.2, 0.25) is 0 Å². The van der Waals surface area contributed by atoms with Gasteiger partial charge in [0.05, 0.1) is 16.9 Å². The second-order valence-electron chi connectivity index (χ2n) is 6.16. The maximum Gasteiger partial charge on any atom is 0.151 e. The molecule has 0 saturated heterocycles. The minimum atomic E-state index is 0.369. The molecule has 4 rings (SSSR count). The van der Waals surface area contributed by atoms with E-state index in [0.717, 1.165) is 27.7 Å². The van der Waals surface area contributed by atoms with E-state index in [1.54, 1.807) is 18.5 Å². The molecule has 28 heavy (non-hydrogen) atoms. The first-order chi connectivity index (χ1) is 13.8. The molecule has 0 aliphatic carbocycles. The largest absolute Gasteiger partial charge is 0.364 e. The van der Waals surface area contributed by atoms with Crippen LogP contribution in [0.5, 0.6) is 0 Å². The SMILES string of the molecule is N#Cc1ccc(-c2ccc(NN)c(NCc3ccc4ncccc4c3)n2)cn1. The molecule has 0 radical (unpaired) electrons. The van der Waals surface area contributed by atoms with Gasteiger partial charge in [-0.05, 0) is 48.0 Å². The third-order valence-electron chi connectivity index (χ3n) is 4.35. The Hall–Kier alpha value is -4.02. The van der Waals surface area contributed by atoms with Crippen LogP contribution in [0.15, 0.2) is 67.0 Å². The van der Waals surface area contributed by atoms with E-state index in [0.29, 0.717) is 23.7 Å². The van der Waals surface area contributed by atoms with Gasteiger partial charge < -0.3 is 10.7 Å². The van der Waals surface area contributed by atoms with Crippen molar-refractivity contribution >= 4 is 22.4 Å². The highest BCUT2D eigenvalue weighted by atomic mass is 15.2. The summed E-state index contributed by atoms with van der Waals surface area (Å²) < 4.78 is 0. The summed E-state index contributed by atoms with van der Waals surface area (Å²) in [4.78, 5) is 13.1. The monoisotopic (exact) mass is 367 g/mol. The maximum atomic E-state index is 8.89. The molecule has 7 nitrogen and oxygen atoms in total. The predicted molar refractivity (Wildman–Crippen MR) is 109 cm³/mol. The molecule has 0 fully saturated rings. The summed E-state index contributed by atoms with van der Waals surface area (Å²) in [6.45, 7) is 0.585. The molecule has 0 amide bonds. The summed E-state index contributed by atoms with van der Waals surface area (Å²) in [5.74, 6) is 6.27. The zero-order valence-electron chi connectivity index (χ0n) is 14.9. The molecule has 0 spiro atoms. The van der Waals surface area contributed by atoms with Crippen molar-refractivity contribution in [3.63, 3.8) is 0 Å². The highest BCUT2D eigenvalue weighted by Gasteiger charge is 2.08. The minimum absolute atomic E-state index is 0.369. The highest BCUT2D eigenvalue weighted by molar-refractivity contribution is 5.79. The number of nitrogen functional groups attached to an aromatic ring is 1. The molecule has 4 aromatic rings. The van der Waals surface area contributed by atoms with Gasteiger partial charge in [-0.25, -0.2) is 9.97 Å². The van der Waals surface area contributed by atoms with Gasteiger partial charge in [0.15, 0.2) is 5.82 Å². The number of nitriles is 1. The van der Waals surface area contributed by atoms with Crippen LogP contribution in [-0.4, -0.2) is 15.0 Å². The molecule has 4 N–H and O–H groups in total. The lowest BCUT2D eigenvalue weighted by Gasteiger charge is -2.13. The molecule has 0 atom stereocenters. The van der Waals surface area contributed by atoms with E-state index in [9.17, 15) is 0 Å². The average molecular weight is 367 g/mol. The Morgan fingerprint density at radius 1 is 1.04 bits per heavy atom. The first-order valence-corrected chi connectivity index (χ1v) is 8.68. The zero-order chi connectivity index (χ0) is 19.3. The molecule has 0 aliphatic heterocycles. The van der Waals surface area contributed by atoms with Gasteiger partial charge in [-0.2, -0.15) is 5.26 Å². The van der Waals surface area contributed by atoms with Gasteiger partial charge in [-0.3, -0.25) is 10.8 Å². The van der Waals surface area contributed by atoms with Crippen molar-refractivity contribution in [1.82, 2.24) is 15.0 Å². The number of fused-ring (bicyclic) bond motifs is 1. The fraction of sp³-hybridized carbons (Fsp3) is 0.0476. The van der Waals surface area contributed by atoms with Crippen molar-refractivity contribution in [3.8, 4) is 17.3 Å². The number of aromatic nitrogens is 3. The van der Waals surface area contributed by atoms with Crippen molar-refractivity contribution < 1.29 is 0 Å². The molecule has 3 heterocycles. The van der Waals surface area contributed by atoms with Crippen LogP contribution in [0.3, 0.4) is 0 Å². The normalized spacial score (nSPS) is 10.4. The van der Waals surface area contributed by atoms with E-state index in [-0.39, 0.29) is 0 Å². The Morgan fingerprint density at radius 3 is 2.75 bits per heavy atom. The van der Waals surface area contributed by atoms with Gasteiger partial charge in [0.2, 0.25) is 0 Å². The number of rotatable bonds is 5. The second-order valence-corrected chi connectivity index (χ2v) is 6.16. The Labute approximate surface area is 161 Å². The van der Waals surface area contributed by atoms with Crippen molar-refractivity contribution in [2.75, 3.05) is 10.7 Å². The second kappa shape index (κ2) is 7.70. The Balaban J connectivity index is 1.59. The van der Waals surface area contributed by atoms with Crippen LogP contribution in [-0.2, 0) is 6.54 Å². The van der Waals surface area contributed by atoms with Crippen LogP contribution in [0, 0.1) is 11.3 Å². The number of nitrogens with one attached hydrogen (secondary N) is 2. The summed E-state index contributed by atoms with van der Waals surface area (Å²) in [6.07, 6.45) is 3.42. The summed E-state index contributed by atoms with van der Waals surface area (Å²) in [5.41, 5.74) is 7.35. The standard InChI is InChI=1S/C21H17N7/c22-11-17-5-4-16(13-25-17)19-7-8-20(28-23)21(27-19)26-12-14-3-6-18-15(10-14)2-1-9-24-18/h1-10,13,28H,12,23H2,(H,26,27). The lowest BCUT2D eigenvalue weighted by atomic mass is 10.1. The Bertz CT molecular complexity index is 1160. The van der Waals surface area contributed by atoms with Crippen LogP contribution in [0.4, 0.5) is 11.5 Å². The van der Waals surface area contributed by atoms with E-state index in [1.165, 1.54) is 0 Å². The number of anilines is 2. The number of nitrogens with zero attached hydrogens (tertiary/aromatic N) is 4. The van der Waals surface area contributed by atoms with Crippen LogP contribution >= 0.6 is 0 Å². The Kier molecular flexibility index (Phi) is 4.78. The van der Waals surface area contributed by atoms with Gasteiger partial charge in [0.25, 0.3) is 0 Å². The minimum Gasteiger partial charge on any atom is -0.364 e. The van der Waals surface area contributed by atoms with E-state index >= 15 is 0 Å². The van der Waals surface area contributed by atoms with Gasteiger partial charge in [-0.1, -0.05) is 12.1 Å². The lowest BCUT2D eigenvalue weighted by molar-refractivity contribution is 1.11. The number of hydrogen-bond acceptors (Lipinski definition) is 7. The molecular formula is C21H17N7. The summed E-state index contributed by atoms with van der Waals surface area (Å²) in [5, 5.41) is 13.3. The van der Waals surface area contributed by atoms with Crippen molar-refractivity contribution in [1.29, 1.82) is 5.26 Å². The van der Waals surface area contributed by atoms with Crippen LogP contribution in [0.1, 0.15) is 11.3 Å². The van der Waals surface area contributed by atoms with E-state index < -0.39 is 0 Å². The molecule has 7 heteroatoms. The van der Waals surface area contributed by atoms with E-state index in [2.05, 4.69) is 31.8 Å². The number of nitrogens with two attached hydrogens (primary N) is 1. The zero-order valence-corrected chi connectivity index (χ0v) is 14.9. The summed E-state index contributed by atoms with van der Waals surface area (Å²) >= 11 is 0. The summed E-state index contributed by atoms with van der Waals surface area (Å²) in [6, 6.07) is 19.3. The average Bonchev–Trinajstić information content (AvgIpc) is 2.77. The first-order valence-electron chi connectivity index (χ1n) is 8.68. The van der Waals surface area contributed by atoms with Gasteiger partial charge in [0, 0.05) is 29.9 Å². The molecule has 0 bridgehead atoms.